The van der Waals surface area contributed by atoms with Crippen LogP contribution >= 0.6 is 0 Å². The SMILES string of the molecule is Cc1noc(C#Cc2ccc3cc(C4(C(=O)[O-])CC4)ccc3c2)c1NC(=O)OCc1ccccc1.[Na+]. The van der Waals surface area contributed by atoms with Gasteiger partial charge in [-0.15, -0.1) is 0 Å². The number of benzene rings is 3. The molecule has 1 saturated carbocycles. The summed E-state index contributed by atoms with van der Waals surface area (Å²) in [5, 5.41) is 19.9. The fourth-order valence-corrected chi connectivity index (χ4v) is 3.95. The number of nitrogens with one attached hydrogen (secondary N) is 1. The molecule has 1 fully saturated rings. The molecule has 1 heterocycles. The summed E-state index contributed by atoms with van der Waals surface area (Å²) in [5.74, 6) is 5.16. The van der Waals surface area contributed by atoms with Gasteiger partial charge >= 0.3 is 35.7 Å². The van der Waals surface area contributed by atoms with Gasteiger partial charge in [-0.25, -0.2) is 4.79 Å². The van der Waals surface area contributed by atoms with E-state index < -0.39 is 17.5 Å². The van der Waals surface area contributed by atoms with Gasteiger partial charge in [-0.05, 0) is 59.7 Å². The molecule has 3 aromatic carbocycles. The quantitative estimate of drug-likeness (QED) is 0.333. The first-order valence-electron chi connectivity index (χ1n) is 11.2. The molecule has 5 rings (SSSR count). The molecule has 0 spiro atoms. The topological polar surface area (TPSA) is 104 Å². The number of aryl methyl sites for hydroxylation is 1. The zero-order valence-corrected chi connectivity index (χ0v) is 22.0. The van der Waals surface area contributed by atoms with Gasteiger partial charge in [0.2, 0.25) is 5.76 Å². The largest absolute Gasteiger partial charge is 1.00 e. The first-order chi connectivity index (χ1) is 16.9. The number of rotatable bonds is 5. The molecule has 1 aromatic heterocycles. The van der Waals surface area contributed by atoms with E-state index >= 15 is 0 Å². The van der Waals surface area contributed by atoms with Crippen molar-refractivity contribution >= 4 is 28.5 Å². The van der Waals surface area contributed by atoms with Gasteiger partial charge in [-0.2, -0.15) is 0 Å². The van der Waals surface area contributed by atoms with Crippen LogP contribution in [0.4, 0.5) is 10.5 Å². The maximum atomic E-state index is 12.3. The van der Waals surface area contributed by atoms with Crippen molar-refractivity contribution in [3.05, 3.63) is 94.9 Å². The van der Waals surface area contributed by atoms with E-state index in [2.05, 4.69) is 22.3 Å². The van der Waals surface area contributed by atoms with Crippen molar-refractivity contribution in [3.8, 4) is 11.8 Å². The third-order valence-corrected chi connectivity index (χ3v) is 6.16. The van der Waals surface area contributed by atoms with Crippen LogP contribution in [0.3, 0.4) is 0 Å². The summed E-state index contributed by atoms with van der Waals surface area (Å²) < 4.78 is 10.6. The fraction of sp³-hybridized carbons (Fsp3) is 0.179. The molecule has 8 heteroatoms. The van der Waals surface area contributed by atoms with Crippen molar-refractivity contribution in [1.82, 2.24) is 5.16 Å². The van der Waals surface area contributed by atoms with Crippen LogP contribution < -0.4 is 40.0 Å². The first kappa shape index (κ1) is 25.5. The van der Waals surface area contributed by atoms with Gasteiger partial charge in [0.05, 0.1) is 5.97 Å². The van der Waals surface area contributed by atoms with E-state index in [1.807, 2.05) is 66.7 Å². The summed E-state index contributed by atoms with van der Waals surface area (Å²) in [6.45, 7) is 1.84. The molecule has 4 aromatic rings. The Morgan fingerprint density at radius 2 is 1.78 bits per heavy atom. The molecule has 1 aliphatic carbocycles. The Balaban J connectivity index is 0.00000304. The average Bonchev–Trinajstić information content (AvgIpc) is 3.62. The Morgan fingerprint density at radius 1 is 1.06 bits per heavy atom. The summed E-state index contributed by atoms with van der Waals surface area (Å²) in [4.78, 5) is 23.8. The van der Waals surface area contributed by atoms with Crippen LogP contribution in [-0.2, 0) is 21.6 Å². The van der Waals surface area contributed by atoms with Crippen molar-refractivity contribution < 1.29 is 53.5 Å². The third kappa shape index (κ3) is 5.31. The Morgan fingerprint density at radius 3 is 2.50 bits per heavy atom. The van der Waals surface area contributed by atoms with Crippen LogP contribution in [-0.4, -0.2) is 17.2 Å². The van der Waals surface area contributed by atoms with Crippen molar-refractivity contribution in [2.75, 3.05) is 5.32 Å². The standard InChI is InChI=1S/C28H22N2O5.Na/c1-18-25(29-27(33)34-17-20-5-3-2-4-6-20)24(35-30-18)12-8-19-7-9-22-16-23(11-10-21(22)15-19)28(13-14-28)26(31)32;/h2-7,9-11,15-16H,13-14,17H2,1H3,(H,29,33)(H,31,32);/q;+1/p-1. The number of amides is 1. The number of carbonyl (C=O) groups is 2. The van der Waals surface area contributed by atoms with Crippen molar-refractivity contribution in [2.24, 2.45) is 0 Å². The third-order valence-electron chi connectivity index (χ3n) is 6.16. The Labute approximate surface area is 230 Å². The minimum atomic E-state index is -1.02. The minimum Gasteiger partial charge on any atom is -0.549 e. The molecule has 1 aliphatic rings. The molecule has 0 aliphatic heterocycles. The van der Waals surface area contributed by atoms with E-state index in [0.29, 0.717) is 24.2 Å². The second kappa shape index (κ2) is 10.6. The number of carboxylic acid groups (broad SMARTS) is 1. The van der Waals surface area contributed by atoms with E-state index in [9.17, 15) is 14.7 Å². The van der Waals surface area contributed by atoms with Crippen LogP contribution in [0.2, 0.25) is 0 Å². The van der Waals surface area contributed by atoms with Crippen LogP contribution in [0.15, 0.2) is 71.3 Å². The summed E-state index contributed by atoms with van der Waals surface area (Å²) in [7, 11) is 0. The zero-order valence-electron chi connectivity index (χ0n) is 20.0. The summed E-state index contributed by atoms with van der Waals surface area (Å²) in [6.07, 6.45) is 0.587. The predicted molar refractivity (Wildman–Crippen MR) is 127 cm³/mol. The number of ether oxygens (including phenoxy) is 1. The molecule has 36 heavy (non-hydrogen) atoms. The minimum absolute atomic E-state index is 0. The molecule has 0 saturated heterocycles. The second-order valence-electron chi connectivity index (χ2n) is 8.56. The number of nitrogens with zero attached hydrogens (tertiary/aromatic N) is 1. The molecular formula is C28H21N2NaO5. The van der Waals surface area contributed by atoms with Crippen LogP contribution in [0.5, 0.6) is 0 Å². The van der Waals surface area contributed by atoms with E-state index in [4.69, 9.17) is 9.26 Å². The molecule has 0 unspecified atom stereocenters. The number of fused-ring (bicyclic) bond motifs is 1. The number of hydrogen-bond acceptors (Lipinski definition) is 6. The molecule has 7 nitrogen and oxygen atoms in total. The van der Waals surface area contributed by atoms with Gasteiger partial charge in [0.25, 0.3) is 0 Å². The van der Waals surface area contributed by atoms with Crippen LogP contribution in [0, 0.1) is 18.8 Å². The smallest absolute Gasteiger partial charge is 0.549 e. The van der Waals surface area contributed by atoms with E-state index in [1.54, 1.807) is 6.92 Å². The maximum Gasteiger partial charge on any atom is 1.00 e. The molecule has 1 N–H and O–H groups in total. The normalized spacial score (nSPS) is 13.1. The molecule has 174 valence electrons. The van der Waals surface area contributed by atoms with E-state index in [0.717, 1.165) is 27.5 Å². The second-order valence-corrected chi connectivity index (χ2v) is 8.56. The maximum absolute atomic E-state index is 12.3. The summed E-state index contributed by atoms with van der Waals surface area (Å²) >= 11 is 0. The zero-order chi connectivity index (χ0) is 24.4. The van der Waals surface area contributed by atoms with Crippen molar-refractivity contribution in [3.63, 3.8) is 0 Å². The van der Waals surface area contributed by atoms with Gasteiger partial charge in [0.15, 0.2) is 0 Å². The molecule has 0 atom stereocenters. The molecule has 1 amide bonds. The Hall–Kier alpha value is -3.57. The number of carboxylic acids is 1. The number of carbonyl (C=O) groups excluding carboxylic acids is 2. The van der Waals surface area contributed by atoms with Gasteiger partial charge < -0.3 is 19.2 Å². The monoisotopic (exact) mass is 488 g/mol. The van der Waals surface area contributed by atoms with Gasteiger partial charge in [0, 0.05) is 11.0 Å². The van der Waals surface area contributed by atoms with Gasteiger partial charge in [-0.3, -0.25) is 5.32 Å². The Bertz CT molecular complexity index is 1500. The van der Waals surface area contributed by atoms with Gasteiger partial charge in [0.1, 0.15) is 18.0 Å². The summed E-state index contributed by atoms with van der Waals surface area (Å²) in [5.41, 5.74) is 2.38. The molecule has 0 radical (unpaired) electrons. The summed E-state index contributed by atoms with van der Waals surface area (Å²) in [6, 6.07) is 20.7. The van der Waals surface area contributed by atoms with E-state index in [1.165, 1.54) is 0 Å². The number of anilines is 1. The Kier molecular flexibility index (Phi) is 7.51. The van der Waals surface area contributed by atoms with Gasteiger partial charge in [-0.1, -0.05) is 65.7 Å². The number of hydrogen-bond donors (Lipinski definition) is 1. The van der Waals surface area contributed by atoms with Crippen molar-refractivity contribution in [1.29, 1.82) is 0 Å². The molecular weight excluding hydrogens is 467 g/mol. The fourth-order valence-electron chi connectivity index (χ4n) is 3.95. The number of aliphatic carboxylic acids is 1. The van der Waals surface area contributed by atoms with Crippen LogP contribution in [0.25, 0.3) is 10.8 Å². The van der Waals surface area contributed by atoms with Crippen molar-refractivity contribution in [2.45, 2.75) is 31.8 Å². The first-order valence-corrected chi connectivity index (χ1v) is 11.2. The average molecular weight is 488 g/mol. The van der Waals surface area contributed by atoms with E-state index in [-0.39, 0.29) is 41.9 Å². The predicted octanol–water partition coefficient (Wildman–Crippen LogP) is 1.07. The van der Waals surface area contributed by atoms with Crippen LogP contribution in [0.1, 0.15) is 41.0 Å². The molecule has 0 bridgehead atoms. The number of aromatic nitrogens is 1.